The Morgan fingerprint density at radius 1 is 1.40 bits per heavy atom. The molecule has 5 heteroatoms. The number of carboxylic acid groups (broad SMARTS) is 1. The van der Waals surface area contributed by atoms with E-state index in [-0.39, 0.29) is 0 Å². The van der Waals surface area contributed by atoms with Crippen molar-refractivity contribution in [1.82, 2.24) is 10.6 Å². The van der Waals surface area contributed by atoms with Crippen molar-refractivity contribution >= 4 is 18.7 Å². The molecule has 0 fully saturated rings. The van der Waals surface area contributed by atoms with Crippen LogP contribution in [0.25, 0.3) is 0 Å². The first-order valence-electron chi connectivity index (χ1n) is 3.05. The van der Waals surface area contributed by atoms with E-state index in [1.807, 2.05) is 0 Å². The minimum Gasteiger partial charge on any atom is -0.465 e. The van der Waals surface area contributed by atoms with Crippen molar-refractivity contribution in [3.8, 4) is 0 Å². The summed E-state index contributed by atoms with van der Waals surface area (Å²) >= 11 is 3.96. The minimum absolute atomic E-state index is 0.448. The third-order valence-corrected chi connectivity index (χ3v) is 1.09. The van der Waals surface area contributed by atoms with Gasteiger partial charge in [-0.2, -0.15) is 12.6 Å². The first-order valence-corrected chi connectivity index (χ1v) is 3.69. The summed E-state index contributed by atoms with van der Waals surface area (Å²) in [5.74, 6) is 0.771. The van der Waals surface area contributed by atoms with Gasteiger partial charge in [0.25, 0.3) is 0 Å². The number of amides is 1. The van der Waals surface area contributed by atoms with Crippen LogP contribution in [0.15, 0.2) is 0 Å². The molecule has 0 aliphatic rings. The molecule has 0 unspecified atom stereocenters. The second-order valence-corrected chi connectivity index (χ2v) is 2.15. The topological polar surface area (TPSA) is 61.4 Å². The zero-order valence-electron chi connectivity index (χ0n) is 5.63. The maximum absolute atomic E-state index is 9.88. The monoisotopic (exact) mass is 164 g/mol. The number of hydrogen-bond donors (Lipinski definition) is 4. The van der Waals surface area contributed by atoms with Gasteiger partial charge in [-0.1, -0.05) is 0 Å². The summed E-state index contributed by atoms with van der Waals surface area (Å²) in [4.78, 5) is 9.88. The summed E-state index contributed by atoms with van der Waals surface area (Å²) in [6, 6.07) is 0. The average Bonchev–Trinajstić information content (AvgIpc) is 1.87. The van der Waals surface area contributed by atoms with Crippen molar-refractivity contribution in [3.63, 3.8) is 0 Å². The average molecular weight is 164 g/mol. The van der Waals surface area contributed by atoms with Gasteiger partial charge >= 0.3 is 6.09 Å². The molecule has 10 heavy (non-hydrogen) atoms. The van der Waals surface area contributed by atoms with Gasteiger partial charge < -0.3 is 15.7 Å². The Bertz CT molecular complexity index is 99.6. The van der Waals surface area contributed by atoms with E-state index in [2.05, 4.69) is 23.3 Å². The molecule has 4 nitrogen and oxygen atoms in total. The molecule has 1 amide bonds. The smallest absolute Gasteiger partial charge is 0.404 e. The molecule has 0 atom stereocenters. The molecule has 0 saturated heterocycles. The maximum atomic E-state index is 9.88. The number of carbonyl (C=O) groups is 1. The molecule has 60 valence electrons. The standard InChI is InChI=1S/C5H12N2O2S/c8-5(9)7-2-1-6-3-4-10/h6-7,10H,1-4H2,(H,8,9). The Labute approximate surface area is 65.4 Å². The van der Waals surface area contributed by atoms with Gasteiger partial charge in [0, 0.05) is 25.4 Å². The van der Waals surface area contributed by atoms with Crippen LogP contribution >= 0.6 is 12.6 Å². The first kappa shape index (κ1) is 9.58. The van der Waals surface area contributed by atoms with E-state index in [1.54, 1.807) is 0 Å². The lowest BCUT2D eigenvalue weighted by atomic mass is 10.6. The van der Waals surface area contributed by atoms with E-state index in [1.165, 1.54) is 0 Å². The second kappa shape index (κ2) is 6.70. The normalized spacial score (nSPS) is 9.30. The van der Waals surface area contributed by atoms with Crippen LogP contribution in [-0.2, 0) is 0 Å². The van der Waals surface area contributed by atoms with Gasteiger partial charge in [0.2, 0.25) is 0 Å². The SMILES string of the molecule is O=C(O)NCCNCCS. The van der Waals surface area contributed by atoms with E-state index in [0.717, 1.165) is 12.3 Å². The molecule has 0 heterocycles. The molecule has 0 aliphatic heterocycles. The number of hydrogen-bond acceptors (Lipinski definition) is 3. The lowest BCUT2D eigenvalue weighted by molar-refractivity contribution is 0.194. The fourth-order valence-corrected chi connectivity index (χ4v) is 0.620. The molecule has 3 N–H and O–H groups in total. The first-order chi connectivity index (χ1) is 4.77. The molecule has 0 aromatic heterocycles. The zero-order valence-corrected chi connectivity index (χ0v) is 6.53. The molecule has 0 spiro atoms. The van der Waals surface area contributed by atoms with Crippen molar-refractivity contribution < 1.29 is 9.90 Å². The summed E-state index contributed by atoms with van der Waals surface area (Å²) in [6.45, 7) is 1.92. The van der Waals surface area contributed by atoms with Crippen LogP contribution in [0.2, 0.25) is 0 Å². The predicted molar refractivity (Wildman–Crippen MR) is 42.8 cm³/mol. The highest BCUT2D eigenvalue weighted by Crippen LogP contribution is 1.67. The fraction of sp³-hybridized carbons (Fsp3) is 0.800. The van der Waals surface area contributed by atoms with Gasteiger partial charge in [0.1, 0.15) is 0 Å². The maximum Gasteiger partial charge on any atom is 0.404 e. The molecule has 0 radical (unpaired) electrons. The Kier molecular flexibility index (Phi) is 6.42. The summed E-state index contributed by atoms with van der Waals surface area (Å²) in [5.41, 5.74) is 0. The van der Waals surface area contributed by atoms with Gasteiger partial charge in [-0.3, -0.25) is 0 Å². The van der Waals surface area contributed by atoms with Gasteiger partial charge in [0.05, 0.1) is 0 Å². The Balaban J connectivity index is 2.84. The lowest BCUT2D eigenvalue weighted by Gasteiger charge is -2.01. The lowest BCUT2D eigenvalue weighted by Crippen LogP contribution is -2.31. The second-order valence-electron chi connectivity index (χ2n) is 1.71. The molecule has 0 bridgehead atoms. The van der Waals surface area contributed by atoms with Crippen LogP contribution in [0.1, 0.15) is 0 Å². The minimum atomic E-state index is -0.979. The summed E-state index contributed by atoms with van der Waals surface area (Å²) in [5, 5.41) is 13.3. The van der Waals surface area contributed by atoms with Crippen molar-refractivity contribution in [2.24, 2.45) is 0 Å². The van der Waals surface area contributed by atoms with E-state index in [4.69, 9.17) is 5.11 Å². The molecule has 0 rings (SSSR count). The van der Waals surface area contributed by atoms with E-state index >= 15 is 0 Å². The quantitative estimate of drug-likeness (QED) is 0.335. The molecular weight excluding hydrogens is 152 g/mol. The van der Waals surface area contributed by atoms with E-state index in [9.17, 15) is 4.79 Å². The predicted octanol–water partition coefficient (Wildman–Crippen LogP) is -0.227. The van der Waals surface area contributed by atoms with Crippen LogP contribution < -0.4 is 10.6 Å². The summed E-state index contributed by atoms with van der Waals surface area (Å²) < 4.78 is 0. The highest BCUT2D eigenvalue weighted by atomic mass is 32.1. The third-order valence-electron chi connectivity index (χ3n) is 0.867. The van der Waals surface area contributed by atoms with Crippen LogP contribution in [-0.4, -0.2) is 36.6 Å². The highest BCUT2D eigenvalue weighted by Gasteiger charge is 1.90. The van der Waals surface area contributed by atoms with Gasteiger partial charge in [-0.15, -0.1) is 0 Å². The van der Waals surface area contributed by atoms with Crippen molar-refractivity contribution in [3.05, 3.63) is 0 Å². The zero-order chi connectivity index (χ0) is 7.82. The van der Waals surface area contributed by atoms with Crippen LogP contribution in [0.3, 0.4) is 0 Å². The Morgan fingerprint density at radius 3 is 2.60 bits per heavy atom. The van der Waals surface area contributed by atoms with E-state index < -0.39 is 6.09 Å². The number of rotatable bonds is 5. The molecule has 0 aromatic rings. The highest BCUT2D eigenvalue weighted by molar-refractivity contribution is 7.80. The number of nitrogens with one attached hydrogen (secondary N) is 2. The van der Waals surface area contributed by atoms with Gasteiger partial charge in [-0.05, 0) is 0 Å². The van der Waals surface area contributed by atoms with Gasteiger partial charge in [-0.25, -0.2) is 4.79 Å². The molecule has 0 aromatic carbocycles. The number of thiol groups is 1. The molecule has 0 aliphatic carbocycles. The van der Waals surface area contributed by atoms with Gasteiger partial charge in [0.15, 0.2) is 0 Å². The Hall–Kier alpha value is -0.420. The molecular formula is C5H12N2O2S. The summed E-state index contributed by atoms with van der Waals surface area (Å²) in [6.07, 6.45) is -0.979. The van der Waals surface area contributed by atoms with E-state index in [0.29, 0.717) is 13.1 Å². The largest absolute Gasteiger partial charge is 0.465 e. The third kappa shape index (κ3) is 7.58. The van der Waals surface area contributed by atoms with Crippen molar-refractivity contribution in [2.45, 2.75) is 0 Å². The van der Waals surface area contributed by atoms with Crippen LogP contribution in [0.5, 0.6) is 0 Å². The summed E-state index contributed by atoms with van der Waals surface area (Å²) in [7, 11) is 0. The fourth-order valence-electron chi connectivity index (χ4n) is 0.462. The van der Waals surface area contributed by atoms with Crippen LogP contribution in [0, 0.1) is 0 Å². The van der Waals surface area contributed by atoms with Crippen molar-refractivity contribution in [1.29, 1.82) is 0 Å². The Morgan fingerprint density at radius 2 is 2.10 bits per heavy atom. The molecule has 0 saturated carbocycles. The van der Waals surface area contributed by atoms with Crippen molar-refractivity contribution in [2.75, 3.05) is 25.4 Å². The van der Waals surface area contributed by atoms with Crippen LogP contribution in [0.4, 0.5) is 4.79 Å².